The topological polar surface area (TPSA) is 58.9 Å². The second kappa shape index (κ2) is 5.82. The number of carboxylic acids is 1. The Bertz CT molecular complexity index is 603. The molecule has 4 nitrogen and oxygen atoms in total. The third kappa shape index (κ3) is 3.19. The first-order valence-electron chi connectivity index (χ1n) is 5.71. The van der Waals surface area contributed by atoms with Gasteiger partial charge in [0.25, 0.3) is 0 Å². The molecule has 19 heavy (non-hydrogen) atoms. The van der Waals surface area contributed by atoms with Gasteiger partial charge in [-0.25, -0.2) is 4.79 Å². The number of nitrogens with zero attached hydrogens (tertiary/aromatic N) is 1. The molecule has 0 unspecified atom stereocenters. The molecule has 0 aromatic heterocycles. The number of hydrogen-bond acceptors (Lipinski definition) is 3. The highest BCUT2D eigenvalue weighted by molar-refractivity contribution is 5.95. The van der Waals surface area contributed by atoms with Crippen LogP contribution in [0.2, 0.25) is 0 Å². The molecule has 2 aromatic rings. The molecular formula is C15H13NO3. The van der Waals surface area contributed by atoms with Crippen LogP contribution in [0.4, 0.5) is 5.69 Å². The van der Waals surface area contributed by atoms with Gasteiger partial charge in [-0.15, -0.1) is 0 Å². The molecule has 0 fully saturated rings. The molecule has 0 heterocycles. The Morgan fingerprint density at radius 3 is 2.47 bits per heavy atom. The highest BCUT2D eigenvalue weighted by Crippen LogP contribution is 2.18. The van der Waals surface area contributed by atoms with E-state index in [2.05, 4.69) is 4.99 Å². The van der Waals surface area contributed by atoms with E-state index in [1.54, 1.807) is 31.5 Å². The fourth-order valence-electron chi connectivity index (χ4n) is 1.60. The van der Waals surface area contributed by atoms with Crippen molar-refractivity contribution in [3.63, 3.8) is 0 Å². The van der Waals surface area contributed by atoms with Crippen molar-refractivity contribution in [1.82, 2.24) is 0 Å². The van der Waals surface area contributed by atoms with Gasteiger partial charge in [0.2, 0.25) is 0 Å². The normalized spacial score (nSPS) is 10.6. The molecule has 0 aliphatic carbocycles. The first-order valence-corrected chi connectivity index (χ1v) is 5.71. The number of carbonyl (C=O) groups is 1. The van der Waals surface area contributed by atoms with Crippen LogP contribution in [-0.2, 0) is 0 Å². The minimum absolute atomic E-state index is 0.187. The lowest BCUT2D eigenvalue weighted by Gasteiger charge is -2.01. The zero-order valence-electron chi connectivity index (χ0n) is 10.4. The van der Waals surface area contributed by atoms with Crippen LogP contribution in [0.3, 0.4) is 0 Å². The number of ether oxygens (including phenoxy) is 1. The Morgan fingerprint density at radius 2 is 1.84 bits per heavy atom. The summed E-state index contributed by atoms with van der Waals surface area (Å²) < 4.78 is 5.06. The van der Waals surface area contributed by atoms with Gasteiger partial charge in [0.05, 0.1) is 18.4 Å². The minimum Gasteiger partial charge on any atom is -0.497 e. The quantitative estimate of drug-likeness (QED) is 0.854. The van der Waals surface area contributed by atoms with Crippen LogP contribution in [0, 0.1) is 0 Å². The summed E-state index contributed by atoms with van der Waals surface area (Å²) in [5, 5.41) is 9.04. The van der Waals surface area contributed by atoms with Gasteiger partial charge in [0, 0.05) is 6.21 Å². The van der Waals surface area contributed by atoms with Crippen LogP contribution in [0.5, 0.6) is 5.75 Å². The summed E-state index contributed by atoms with van der Waals surface area (Å²) in [6.45, 7) is 0. The summed E-state index contributed by atoms with van der Waals surface area (Å²) in [5.41, 5.74) is 1.50. The molecule has 1 N–H and O–H groups in total. The number of para-hydroxylation sites is 1. The maximum atomic E-state index is 11.0. The van der Waals surface area contributed by atoms with Gasteiger partial charge in [-0.1, -0.05) is 12.1 Å². The largest absolute Gasteiger partial charge is 0.497 e. The van der Waals surface area contributed by atoms with Gasteiger partial charge < -0.3 is 9.84 Å². The molecule has 0 bridgehead atoms. The minimum atomic E-state index is -0.984. The SMILES string of the molecule is COc1ccc(/C=N\c2ccccc2C(=O)O)cc1. The summed E-state index contributed by atoms with van der Waals surface area (Å²) in [4.78, 5) is 15.2. The average molecular weight is 255 g/mol. The van der Waals surface area contributed by atoms with Crippen molar-refractivity contribution in [3.05, 3.63) is 59.7 Å². The van der Waals surface area contributed by atoms with Gasteiger partial charge in [-0.05, 0) is 42.0 Å². The Morgan fingerprint density at radius 1 is 1.16 bits per heavy atom. The summed E-state index contributed by atoms with van der Waals surface area (Å²) in [6, 6.07) is 14.0. The van der Waals surface area contributed by atoms with E-state index in [0.717, 1.165) is 11.3 Å². The molecule has 0 amide bonds. The van der Waals surface area contributed by atoms with Crippen molar-refractivity contribution in [2.24, 2.45) is 4.99 Å². The number of carboxylic acid groups (broad SMARTS) is 1. The van der Waals surface area contributed by atoms with E-state index in [9.17, 15) is 4.79 Å². The standard InChI is InChI=1S/C15H13NO3/c1-19-12-8-6-11(7-9-12)10-16-14-5-3-2-4-13(14)15(17)18/h2-10H,1H3,(H,17,18)/b16-10-. The fraction of sp³-hybridized carbons (Fsp3) is 0.0667. The molecule has 0 spiro atoms. The molecule has 4 heteroatoms. The van der Waals surface area contributed by atoms with Gasteiger partial charge in [0.1, 0.15) is 5.75 Å². The zero-order valence-corrected chi connectivity index (χ0v) is 10.4. The monoisotopic (exact) mass is 255 g/mol. The van der Waals surface area contributed by atoms with Crippen molar-refractivity contribution in [2.75, 3.05) is 7.11 Å². The second-order valence-electron chi connectivity index (χ2n) is 3.85. The Labute approximate surface area is 111 Å². The van der Waals surface area contributed by atoms with Gasteiger partial charge in [-0.2, -0.15) is 0 Å². The molecule has 2 aromatic carbocycles. The maximum Gasteiger partial charge on any atom is 0.337 e. The van der Waals surface area contributed by atoms with Crippen molar-refractivity contribution >= 4 is 17.9 Å². The van der Waals surface area contributed by atoms with E-state index in [1.165, 1.54) is 6.07 Å². The van der Waals surface area contributed by atoms with Crippen LogP contribution in [0.1, 0.15) is 15.9 Å². The Balaban J connectivity index is 2.24. The van der Waals surface area contributed by atoms with Crippen LogP contribution < -0.4 is 4.74 Å². The zero-order chi connectivity index (χ0) is 13.7. The first kappa shape index (κ1) is 12.8. The van der Waals surface area contributed by atoms with Crippen LogP contribution in [0.15, 0.2) is 53.5 Å². The number of methoxy groups -OCH3 is 1. The smallest absolute Gasteiger partial charge is 0.337 e. The predicted octanol–water partition coefficient (Wildman–Crippen LogP) is 3.14. The summed E-state index contributed by atoms with van der Waals surface area (Å²) in [6.07, 6.45) is 1.63. The molecule has 0 aliphatic rings. The van der Waals surface area contributed by atoms with Gasteiger partial charge >= 0.3 is 5.97 Å². The molecule has 0 radical (unpaired) electrons. The lowest BCUT2D eigenvalue weighted by atomic mass is 10.2. The molecule has 2 rings (SSSR count). The lowest BCUT2D eigenvalue weighted by Crippen LogP contribution is -1.96. The van der Waals surface area contributed by atoms with Crippen LogP contribution in [-0.4, -0.2) is 24.4 Å². The average Bonchev–Trinajstić information content (AvgIpc) is 2.46. The number of aliphatic imine (C=N–C) groups is 1. The summed E-state index contributed by atoms with van der Waals surface area (Å²) >= 11 is 0. The number of aromatic carboxylic acids is 1. The molecule has 96 valence electrons. The number of rotatable bonds is 4. The Kier molecular flexibility index (Phi) is 3.93. The highest BCUT2D eigenvalue weighted by Gasteiger charge is 2.06. The van der Waals surface area contributed by atoms with Crippen molar-refractivity contribution in [2.45, 2.75) is 0 Å². The van der Waals surface area contributed by atoms with E-state index >= 15 is 0 Å². The van der Waals surface area contributed by atoms with Crippen LogP contribution in [0.25, 0.3) is 0 Å². The highest BCUT2D eigenvalue weighted by atomic mass is 16.5. The van der Waals surface area contributed by atoms with Gasteiger partial charge in [0.15, 0.2) is 0 Å². The fourth-order valence-corrected chi connectivity index (χ4v) is 1.60. The Hall–Kier alpha value is -2.62. The summed E-state index contributed by atoms with van der Waals surface area (Å²) in [5.74, 6) is -0.217. The number of benzene rings is 2. The van der Waals surface area contributed by atoms with Crippen molar-refractivity contribution in [3.8, 4) is 5.75 Å². The van der Waals surface area contributed by atoms with Crippen molar-refractivity contribution < 1.29 is 14.6 Å². The lowest BCUT2D eigenvalue weighted by molar-refractivity contribution is 0.0698. The van der Waals surface area contributed by atoms with Crippen molar-refractivity contribution in [1.29, 1.82) is 0 Å². The van der Waals surface area contributed by atoms with Crippen LogP contribution >= 0.6 is 0 Å². The molecule has 0 aliphatic heterocycles. The third-order valence-corrected chi connectivity index (χ3v) is 2.60. The molecule has 0 atom stereocenters. The number of hydrogen-bond donors (Lipinski definition) is 1. The van der Waals surface area contributed by atoms with E-state index in [4.69, 9.17) is 9.84 Å². The molecule has 0 saturated heterocycles. The first-order chi connectivity index (χ1) is 9.20. The third-order valence-electron chi connectivity index (χ3n) is 2.60. The van der Waals surface area contributed by atoms with E-state index in [1.807, 2.05) is 24.3 Å². The molecular weight excluding hydrogens is 242 g/mol. The molecule has 0 saturated carbocycles. The van der Waals surface area contributed by atoms with E-state index < -0.39 is 5.97 Å². The van der Waals surface area contributed by atoms with Gasteiger partial charge in [-0.3, -0.25) is 4.99 Å². The van der Waals surface area contributed by atoms with E-state index in [-0.39, 0.29) is 5.56 Å². The second-order valence-corrected chi connectivity index (χ2v) is 3.85. The summed E-state index contributed by atoms with van der Waals surface area (Å²) in [7, 11) is 1.60. The predicted molar refractivity (Wildman–Crippen MR) is 73.6 cm³/mol. The van der Waals surface area contributed by atoms with E-state index in [0.29, 0.717) is 5.69 Å². The maximum absolute atomic E-state index is 11.0.